The third kappa shape index (κ3) is 9.02. The first-order valence-electron chi connectivity index (χ1n) is 5.68. The van der Waals surface area contributed by atoms with Gasteiger partial charge in [0, 0.05) is 12.2 Å². The number of urea groups is 1. The first kappa shape index (κ1) is 19.4. The monoisotopic (exact) mass is 340 g/mol. The Hall–Kier alpha value is -1.62. The minimum absolute atomic E-state index is 0.108. The average Bonchev–Trinajstić information content (AvgIpc) is 2.38. The molecule has 0 aliphatic heterocycles. The van der Waals surface area contributed by atoms with Crippen LogP contribution in [0.5, 0.6) is 0 Å². The number of hydrogen-bond donors (Lipinski definition) is 5. The molecule has 0 heterocycles. The summed E-state index contributed by atoms with van der Waals surface area (Å²) in [5.74, 6) is -3.72. The number of carbonyl (C=O) groups excluding carboxylic acids is 1. The van der Waals surface area contributed by atoms with Crippen molar-refractivity contribution in [1.82, 2.24) is 10.6 Å². The van der Waals surface area contributed by atoms with E-state index in [0.29, 0.717) is 0 Å². The van der Waals surface area contributed by atoms with Crippen molar-refractivity contribution in [2.24, 2.45) is 0 Å². The lowest BCUT2D eigenvalue weighted by molar-refractivity contribution is -0.140. The van der Waals surface area contributed by atoms with Gasteiger partial charge in [-0.05, 0) is 12.7 Å². The third-order valence-corrected chi connectivity index (χ3v) is 4.03. The number of rotatable bonds is 10. The Labute approximate surface area is 128 Å². The van der Waals surface area contributed by atoms with Crippen LogP contribution in [0.3, 0.4) is 0 Å². The van der Waals surface area contributed by atoms with Crippen molar-refractivity contribution in [3.05, 3.63) is 0 Å². The maximum absolute atomic E-state index is 11.6. The predicted molar refractivity (Wildman–Crippen MR) is 77.4 cm³/mol. The molecule has 0 spiro atoms. The number of aliphatic carboxylic acids is 3. The highest BCUT2D eigenvalue weighted by Gasteiger charge is 2.24. The molecular formula is C10H16N2O7S2. The van der Waals surface area contributed by atoms with E-state index < -0.39 is 42.4 Å². The van der Waals surface area contributed by atoms with Crippen LogP contribution in [0, 0.1) is 0 Å². The van der Waals surface area contributed by atoms with E-state index in [4.69, 9.17) is 15.3 Å². The maximum atomic E-state index is 11.6. The summed E-state index contributed by atoms with van der Waals surface area (Å²) < 4.78 is 0. The SMILES string of the molecule is CSSCC(NC(=O)NC(CCC(=O)O)C(=O)O)C(=O)O. The minimum Gasteiger partial charge on any atom is -0.481 e. The summed E-state index contributed by atoms with van der Waals surface area (Å²) in [6.07, 6.45) is 1.02. The Morgan fingerprint density at radius 3 is 1.95 bits per heavy atom. The van der Waals surface area contributed by atoms with Gasteiger partial charge in [0.1, 0.15) is 12.1 Å². The molecule has 5 N–H and O–H groups in total. The molecule has 0 saturated heterocycles. The highest BCUT2D eigenvalue weighted by molar-refractivity contribution is 8.76. The molecule has 2 amide bonds. The largest absolute Gasteiger partial charge is 0.481 e. The van der Waals surface area contributed by atoms with E-state index in [1.807, 2.05) is 5.32 Å². The van der Waals surface area contributed by atoms with Gasteiger partial charge in [-0.2, -0.15) is 0 Å². The molecule has 0 bridgehead atoms. The van der Waals surface area contributed by atoms with Crippen LogP contribution in [-0.4, -0.2) is 63.4 Å². The molecule has 120 valence electrons. The Morgan fingerprint density at radius 2 is 1.52 bits per heavy atom. The summed E-state index contributed by atoms with van der Waals surface area (Å²) in [6.45, 7) is 0. The zero-order valence-electron chi connectivity index (χ0n) is 11.1. The minimum atomic E-state index is -1.40. The molecule has 11 heteroatoms. The quantitative estimate of drug-likeness (QED) is 0.347. The molecule has 0 aromatic carbocycles. The van der Waals surface area contributed by atoms with Crippen molar-refractivity contribution in [2.45, 2.75) is 24.9 Å². The highest BCUT2D eigenvalue weighted by atomic mass is 33.1. The van der Waals surface area contributed by atoms with Crippen LogP contribution in [0.15, 0.2) is 0 Å². The van der Waals surface area contributed by atoms with Crippen LogP contribution >= 0.6 is 21.6 Å². The molecule has 2 unspecified atom stereocenters. The normalized spacial score (nSPS) is 13.0. The van der Waals surface area contributed by atoms with Gasteiger partial charge < -0.3 is 26.0 Å². The molecule has 0 rings (SSSR count). The lowest BCUT2D eigenvalue weighted by atomic mass is 10.1. The van der Waals surface area contributed by atoms with E-state index >= 15 is 0 Å². The lowest BCUT2D eigenvalue weighted by Crippen LogP contribution is -2.51. The first-order valence-corrected chi connectivity index (χ1v) is 8.40. The van der Waals surface area contributed by atoms with Crippen molar-refractivity contribution >= 4 is 45.5 Å². The van der Waals surface area contributed by atoms with Gasteiger partial charge in [-0.15, -0.1) is 0 Å². The van der Waals surface area contributed by atoms with E-state index in [-0.39, 0.29) is 12.2 Å². The van der Waals surface area contributed by atoms with Crippen molar-refractivity contribution in [3.63, 3.8) is 0 Å². The second-order valence-electron chi connectivity index (χ2n) is 3.78. The zero-order valence-corrected chi connectivity index (χ0v) is 12.7. The molecule has 0 fully saturated rings. The van der Waals surface area contributed by atoms with Crippen LogP contribution < -0.4 is 10.6 Å². The van der Waals surface area contributed by atoms with Crippen molar-refractivity contribution in [2.75, 3.05) is 12.0 Å². The fourth-order valence-corrected chi connectivity index (χ4v) is 2.51. The third-order valence-electron chi connectivity index (χ3n) is 2.21. The smallest absolute Gasteiger partial charge is 0.327 e. The number of nitrogens with one attached hydrogen (secondary N) is 2. The Morgan fingerprint density at radius 1 is 1.00 bits per heavy atom. The summed E-state index contributed by atoms with van der Waals surface area (Å²) in [7, 11) is 2.55. The van der Waals surface area contributed by atoms with Gasteiger partial charge in [0.25, 0.3) is 0 Å². The highest BCUT2D eigenvalue weighted by Crippen LogP contribution is 2.17. The van der Waals surface area contributed by atoms with Gasteiger partial charge in [-0.1, -0.05) is 21.6 Å². The van der Waals surface area contributed by atoms with Crippen LogP contribution in [0.1, 0.15) is 12.8 Å². The fraction of sp³-hybridized carbons (Fsp3) is 0.600. The van der Waals surface area contributed by atoms with Crippen LogP contribution in [0.2, 0.25) is 0 Å². The molecule has 0 aliphatic rings. The molecule has 0 radical (unpaired) electrons. The van der Waals surface area contributed by atoms with E-state index in [0.717, 1.165) is 0 Å². The predicted octanol–water partition coefficient (Wildman–Crippen LogP) is 0.0680. The standard InChI is InChI=1S/C10H16N2O7S2/c1-20-21-4-6(9(17)18)12-10(19)11-5(8(15)16)2-3-7(13)14/h5-6H,2-4H2,1H3,(H,13,14)(H,15,16)(H,17,18)(H2,11,12,19). The zero-order chi connectivity index (χ0) is 16.4. The van der Waals surface area contributed by atoms with Gasteiger partial charge in [0.2, 0.25) is 0 Å². The molecular weight excluding hydrogens is 324 g/mol. The van der Waals surface area contributed by atoms with Gasteiger partial charge >= 0.3 is 23.9 Å². The van der Waals surface area contributed by atoms with Gasteiger partial charge in [-0.3, -0.25) is 4.79 Å². The van der Waals surface area contributed by atoms with Crippen LogP contribution in [-0.2, 0) is 14.4 Å². The van der Waals surface area contributed by atoms with Crippen LogP contribution in [0.4, 0.5) is 4.79 Å². The van der Waals surface area contributed by atoms with E-state index in [9.17, 15) is 19.2 Å². The molecule has 0 saturated carbocycles. The summed E-state index contributed by atoms with van der Waals surface area (Å²) in [5.41, 5.74) is 0. The van der Waals surface area contributed by atoms with E-state index in [2.05, 4.69) is 5.32 Å². The molecule has 9 nitrogen and oxygen atoms in total. The molecule has 2 atom stereocenters. The first-order chi connectivity index (χ1) is 9.77. The summed E-state index contributed by atoms with van der Waals surface area (Å²) in [4.78, 5) is 43.8. The number of hydrogen-bond acceptors (Lipinski definition) is 6. The molecule has 21 heavy (non-hydrogen) atoms. The van der Waals surface area contributed by atoms with Gasteiger partial charge in [0.05, 0.1) is 0 Å². The number of amides is 2. The Kier molecular flexibility index (Phi) is 9.37. The maximum Gasteiger partial charge on any atom is 0.327 e. The van der Waals surface area contributed by atoms with E-state index in [1.54, 1.807) is 6.26 Å². The average molecular weight is 340 g/mol. The summed E-state index contributed by atoms with van der Waals surface area (Å²) in [6, 6.07) is -3.54. The second kappa shape index (κ2) is 10.2. The van der Waals surface area contributed by atoms with Crippen LogP contribution in [0.25, 0.3) is 0 Å². The molecule has 0 aromatic heterocycles. The fourth-order valence-electron chi connectivity index (χ4n) is 1.19. The van der Waals surface area contributed by atoms with Crippen molar-refractivity contribution in [3.8, 4) is 0 Å². The number of carbonyl (C=O) groups is 4. The van der Waals surface area contributed by atoms with Crippen molar-refractivity contribution < 1.29 is 34.5 Å². The van der Waals surface area contributed by atoms with E-state index in [1.165, 1.54) is 21.6 Å². The topological polar surface area (TPSA) is 153 Å². The number of carboxylic acids is 3. The Bertz CT molecular complexity index is 405. The molecule has 0 aliphatic carbocycles. The summed E-state index contributed by atoms with van der Waals surface area (Å²) in [5, 5.41) is 30.4. The molecule has 0 aromatic rings. The second-order valence-corrected chi connectivity index (χ2v) is 6.39. The van der Waals surface area contributed by atoms with Gasteiger partial charge in [-0.25, -0.2) is 14.4 Å². The lowest BCUT2D eigenvalue weighted by Gasteiger charge is -2.17. The van der Waals surface area contributed by atoms with Crippen molar-refractivity contribution in [1.29, 1.82) is 0 Å². The Balaban J connectivity index is 4.49. The number of carboxylic acid groups (broad SMARTS) is 3. The summed E-state index contributed by atoms with van der Waals surface area (Å²) >= 11 is 0. The van der Waals surface area contributed by atoms with Gasteiger partial charge in [0.15, 0.2) is 0 Å².